The minimum atomic E-state index is -0.188. The van der Waals surface area contributed by atoms with E-state index in [0.29, 0.717) is 0 Å². The Bertz CT molecular complexity index is 833. The number of fused-ring (bicyclic) bond motifs is 1. The van der Waals surface area contributed by atoms with E-state index < -0.39 is 0 Å². The smallest absolute Gasteiger partial charge is 0.248 e. The second-order valence-electron chi connectivity index (χ2n) is 5.53. The summed E-state index contributed by atoms with van der Waals surface area (Å²) in [4.78, 5) is 16.5. The minimum absolute atomic E-state index is 0.127. The van der Waals surface area contributed by atoms with Crippen LogP contribution in [0.4, 0.5) is 5.69 Å². The van der Waals surface area contributed by atoms with Gasteiger partial charge in [0.25, 0.3) is 0 Å². The van der Waals surface area contributed by atoms with Gasteiger partial charge in [-0.05, 0) is 56.3 Å². The van der Waals surface area contributed by atoms with Crippen LogP contribution in [0.1, 0.15) is 18.9 Å². The van der Waals surface area contributed by atoms with Gasteiger partial charge in [0.05, 0.1) is 16.3 Å². The average Bonchev–Trinajstić information content (AvgIpc) is 2.97. The number of ether oxygens (including phenoxy) is 1. The fourth-order valence-corrected chi connectivity index (χ4v) is 3.05. The number of nitrogens with one attached hydrogen (secondary N) is 1. The highest BCUT2D eigenvalue weighted by molar-refractivity contribution is 7.19. The topological polar surface area (TPSA) is 51.2 Å². The molecule has 0 aliphatic rings. The van der Waals surface area contributed by atoms with Crippen LogP contribution in [0.3, 0.4) is 0 Å². The Labute approximate surface area is 144 Å². The Morgan fingerprint density at radius 3 is 2.62 bits per heavy atom. The van der Waals surface area contributed by atoms with Crippen LogP contribution >= 0.6 is 11.3 Å². The molecule has 0 saturated carbocycles. The number of hydrogen-bond donors (Lipinski definition) is 1. The van der Waals surface area contributed by atoms with Gasteiger partial charge in [0.15, 0.2) is 0 Å². The van der Waals surface area contributed by atoms with Gasteiger partial charge in [-0.2, -0.15) is 0 Å². The van der Waals surface area contributed by atoms with E-state index in [1.165, 1.54) is 6.08 Å². The highest BCUT2D eigenvalue weighted by Gasteiger charge is 2.02. The lowest BCUT2D eigenvalue weighted by Crippen LogP contribution is -2.08. The van der Waals surface area contributed by atoms with E-state index in [-0.39, 0.29) is 12.0 Å². The van der Waals surface area contributed by atoms with Gasteiger partial charge in [-0.25, -0.2) is 4.98 Å². The number of carbonyl (C=O) groups excluding carboxylic acids is 1. The molecule has 0 saturated heterocycles. The van der Waals surface area contributed by atoms with E-state index in [9.17, 15) is 4.79 Å². The zero-order valence-electron chi connectivity index (χ0n) is 13.5. The molecule has 1 heterocycles. The van der Waals surface area contributed by atoms with E-state index >= 15 is 0 Å². The van der Waals surface area contributed by atoms with Crippen molar-refractivity contribution in [2.75, 3.05) is 5.32 Å². The predicted molar refractivity (Wildman–Crippen MR) is 99.5 cm³/mol. The molecule has 0 bridgehead atoms. The van der Waals surface area contributed by atoms with Gasteiger partial charge in [-0.3, -0.25) is 4.79 Å². The number of amides is 1. The van der Waals surface area contributed by atoms with Crippen LogP contribution < -0.4 is 10.1 Å². The lowest BCUT2D eigenvalue weighted by atomic mass is 10.3. The van der Waals surface area contributed by atoms with Crippen molar-refractivity contribution < 1.29 is 9.53 Å². The summed E-state index contributed by atoms with van der Waals surface area (Å²) in [6, 6.07) is 15.2. The standard InChI is InChI=1S/C19H18N2O2S/c1-13(2)23-15-9-7-14(8-10-15)20-18(22)11-12-19-21-16-5-3-4-6-17(16)24-19/h3-13H,1-2H3,(H,20,22)/b12-11+. The predicted octanol–water partition coefficient (Wildman–Crippen LogP) is 4.74. The number of benzene rings is 2. The van der Waals surface area contributed by atoms with Gasteiger partial charge in [0.1, 0.15) is 10.8 Å². The van der Waals surface area contributed by atoms with Gasteiger partial charge in [-0.15, -0.1) is 11.3 Å². The summed E-state index contributed by atoms with van der Waals surface area (Å²) in [5.41, 5.74) is 1.67. The Kier molecular flexibility index (Phi) is 4.91. The number of hydrogen-bond acceptors (Lipinski definition) is 4. The zero-order valence-corrected chi connectivity index (χ0v) is 14.3. The summed E-state index contributed by atoms with van der Waals surface area (Å²) < 4.78 is 6.68. The fraction of sp³-hybridized carbons (Fsp3) is 0.158. The maximum Gasteiger partial charge on any atom is 0.248 e. The summed E-state index contributed by atoms with van der Waals surface area (Å²) >= 11 is 1.56. The van der Waals surface area contributed by atoms with E-state index in [0.717, 1.165) is 26.7 Å². The number of aromatic nitrogens is 1. The number of nitrogens with zero attached hydrogens (tertiary/aromatic N) is 1. The van der Waals surface area contributed by atoms with Crippen molar-refractivity contribution in [3.05, 3.63) is 59.6 Å². The first-order valence-corrected chi connectivity index (χ1v) is 8.53. The second-order valence-corrected chi connectivity index (χ2v) is 6.60. The van der Waals surface area contributed by atoms with Crippen LogP contribution in [0, 0.1) is 0 Å². The SMILES string of the molecule is CC(C)Oc1ccc(NC(=O)/C=C/c2nc3ccccc3s2)cc1. The summed E-state index contributed by atoms with van der Waals surface area (Å²) in [6.45, 7) is 3.95. The van der Waals surface area contributed by atoms with Crippen molar-refractivity contribution in [1.29, 1.82) is 0 Å². The van der Waals surface area contributed by atoms with Crippen molar-refractivity contribution >= 4 is 39.2 Å². The summed E-state index contributed by atoms with van der Waals surface area (Å²) in [5.74, 6) is 0.597. The molecule has 0 spiro atoms. The number of carbonyl (C=O) groups is 1. The normalized spacial score (nSPS) is 11.3. The molecule has 0 atom stereocenters. The van der Waals surface area contributed by atoms with Crippen LogP contribution in [0.15, 0.2) is 54.6 Å². The molecule has 122 valence electrons. The van der Waals surface area contributed by atoms with E-state index in [4.69, 9.17) is 4.74 Å². The molecule has 0 aliphatic carbocycles. The molecule has 1 amide bonds. The molecule has 24 heavy (non-hydrogen) atoms. The number of anilines is 1. The molecule has 1 aromatic heterocycles. The summed E-state index contributed by atoms with van der Waals surface area (Å²) in [5, 5.41) is 3.63. The summed E-state index contributed by atoms with van der Waals surface area (Å²) in [6.07, 6.45) is 3.36. The van der Waals surface area contributed by atoms with Crippen molar-refractivity contribution in [3.8, 4) is 5.75 Å². The average molecular weight is 338 g/mol. The van der Waals surface area contributed by atoms with Crippen LogP contribution in [0.5, 0.6) is 5.75 Å². The maximum atomic E-state index is 12.0. The third kappa shape index (κ3) is 4.20. The summed E-state index contributed by atoms with van der Waals surface area (Å²) in [7, 11) is 0. The number of para-hydroxylation sites is 1. The van der Waals surface area contributed by atoms with Crippen molar-refractivity contribution in [1.82, 2.24) is 4.98 Å². The van der Waals surface area contributed by atoms with Gasteiger partial charge < -0.3 is 10.1 Å². The van der Waals surface area contributed by atoms with Gasteiger partial charge in [0.2, 0.25) is 5.91 Å². The zero-order chi connectivity index (χ0) is 16.9. The highest BCUT2D eigenvalue weighted by atomic mass is 32.1. The molecule has 0 aliphatic heterocycles. The first kappa shape index (κ1) is 16.2. The first-order valence-electron chi connectivity index (χ1n) is 7.71. The molecule has 2 aromatic carbocycles. The monoisotopic (exact) mass is 338 g/mol. The molecule has 0 radical (unpaired) electrons. The molecule has 1 N–H and O–H groups in total. The van der Waals surface area contributed by atoms with Crippen LogP contribution in [0.2, 0.25) is 0 Å². The third-order valence-electron chi connectivity index (χ3n) is 3.18. The highest BCUT2D eigenvalue weighted by Crippen LogP contribution is 2.22. The first-order chi connectivity index (χ1) is 11.6. The Morgan fingerprint density at radius 2 is 1.92 bits per heavy atom. The lowest BCUT2D eigenvalue weighted by Gasteiger charge is -2.10. The molecule has 4 nitrogen and oxygen atoms in total. The van der Waals surface area contributed by atoms with Gasteiger partial charge in [0, 0.05) is 11.8 Å². The van der Waals surface area contributed by atoms with Gasteiger partial charge in [-0.1, -0.05) is 12.1 Å². The van der Waals surface area contributed by atoms with E-state index in [2.05, 4.69) is 10.3 Å². The van der Waals surface area contributed by atoms with E-state index in [1.54, 1.807) is 17.4 Å². The second kappa shape index (κ2) is 7.27. The molecular formula is C19H18N2O2S. The molecule has 3 aromatic rings. The quantitative estimate of drug-likeness (QED) is 0.684. The minimum Gasteiger partial charge on any atom is -0.491 e. The molecular weight excluding hydrogens is 320 g/mol. The van der Waals surface area contributed by atoms with Crippen LogP contribution in [-0.2, 0) is 4.79 Å². The van der Waals surface area contributed by atoms with Crippen LogP contribution in [-0.4, -0.2) is 17.0 Å². The van der Waals surface area contributed by atoms with Gasteiger partial charge >= 0.3 is 0 Å². The van der Waals surface area contributed by atoms with Crippen molar-refractivity contribution in [3.63, 3.8) is 0 Å². The number of rotatable bonds is 5. The molecule has 5 heteroatoms. The Balaban J connectivity index is 1.62. The molecule has 0 unspecified atom stereocenters. The largest absolute Gasteiger partial charge is 0.491 e. The third-order valence-corrected chi connectivity index (χ3v) is 4.18. The molecule has 3 rings (SSSR count). The lowest BCUT2D eigenvalue weighted by molar-refractivity contribution is -0.111. The Morgan fingerprint density at radius 1 is 1.17 bits per heavy atom. The van der Waals surface area contributed by atoms with E-state index in [1.807, 2.05) is 62.4 Å². The number of thiazole rings is 1. The maximum absolute atomic E-state index is 12.0. The van der Waals surface area contributed by atoms with Crippen LogP contribution in [0.25, 0.3) is 16.3 Å². The Hall–Kier alpha value is -2.66. The van der Waals surface area contributed by atoms with Crippen molar-refractivity contribution in [2.45, 2.75) is 20.0 Å². The van der Waals surface area contributed by atoms with Crippen molar-refractivity contribution in [2.24, 2.45) is 0 Å². The fourth-order valence-electron chi connectivity index (χ4n) is 2.18. The molecule has 0 fully saturated rings.